The number of rotatable bonds is 2. The predicted molar refractivity (Wildman–Crippen MR) is 67.2 cm³/mol. The summed E-state index contributed by atoms with van der Waals surface area (Å²) in [6.45, 7) is 1.81. The first-order valence-corrected chi connectivity index (χ1v) is 5.47. The molecule has 88 valence electrons. The Morgan fingerprint density at radius 3 is 2.76 bits per heavy atom. The second-order valence-electron chi connectivity index (χ2n) is 3.81. The highest BCUT2D eigenvalue weighted by Gasteiger charge is 2.19. The van der Waals surface area contributed by atoms with E-state index in [-0.39, 0.29) is 5.78 Å². The van der Waals surface area contributed by atoms with E-state index in [0.29, 0.717) is 22.0 Å². The van der Waals surface area contributed by atoms with Crippen LogP contribution in [0.5, 0.6) is 0 Å². The number of hydrogen-bond donors (Lipinski definition) is 1. The van der Waals surface area contributed by atoms with Crippen LogP contribution in [0.25, 0.3) is 0 Å². The van der Waals surface area contributed by atoms with E-state index in [1.807, 2.05) is 6.92 Å². The lowest BCUT2D eigenvalue weighted by atomic mass is 10.0. The van der Waals surface area contributed by atoms with Crippen molar-refractivity contribution in [2.75, 3.05) is 5.73 Å². The molecule has 2 N–H and O–H groups in total. The van der Waals surface area contributed by atoms with Gasteiger partial charge in [0.15, 0.2) is 0 Å². The van der Waals surface area contributed by atoms with Crippen LogP contribution >= 0.6 is 11.6 Å². The summed E-state index contributed by atoms with van der Waals surface area (Å²) in [5.74, 6) is -0.167. The number of carbonyl (C=O) groups is 1. The summed E-state index contributed by atoms with van der Waals surface area (Å²) in [4.78, 5) is 12.3. The van der Waals surface area contributed by atoms with Crippen LogP contribution in [0.4, 0.5) is 5.69 Å². The first kappa shape index (κ1) is 11.7. The van der Waals surface area contributed by atoms with Gasteiger partial charge in [-0.3, -0.25) is 9.48 Å². The molecule has 17 heavy (non-hydrogen) atoms. The van der Waals surface area contributed by atoms with Gasteiger partial charge in [-0.2, -0.15) is 5.10 Å². The minimum Gasteiger partial charge on any atom is -0.398 e. The van der Waals surface area contributed by atoms with E-state index < -0.39 is 0 Å². The van der Waals surface area contributed by atoms with Gasteiger partial charge in [-0.05, 0) is 18.6 Å². The van der Waals surface area contributed by atoms with Crippen molar-refractivity contribution in [1.82, 2.24) is 9.78 Å². The van der Waals surface area contributed by atoms with Gasteiger partial charge < -0.3 is 5.73 Å². The normalized spacial score (nSPS) is 10.5. The Morgan fingerprint density at radius 1 is 1.47 bits per heavy atom. The van der Waals surface area contributed by atoms with Gasteiger partial charge in [0.1, 0.15) is 5.69 Å². The number of nitrogens with zero attached hydrogens (tertiary/aromatic N) is 2. The highest BCUT2D eigenvalue weighted by atomic mass is 35.5. The van der Waals surface area contributed by atoms with Gasteiger partial charge in [0.2, 0.25) is 5.78 Å². The van der Waals surface area contributed by atoms with Gasteiger partial charge in [-0.25, -0.2) is 0 Å². The quantitative estimate of drug-likeness (QED) is 0.656. The Hall–Kier alpha value is -1.81. The molecule has 5 heteroatoms. The van der Waals surface area contributed by atoms with Crippen LogP contribution in [0.1, 0.15) is 21.6 Å². The molecule has 1 aromatic heterocycles. The molecule has 0 radical (unpaired) electrons. The van der Waals surface area contributed by atoms with Crippen LogP contribution in [-0.2, 0) is 7.05 Å². The fourth-order valence-corrected chi connectivity index (χ4v) is 1.94. The van der Waals surface area contributed by atoms with Gasteiger partial charge in [0, 0.05) is 18.3 Å². The third-order valence-corrected chi connectivity index (χ3v) is 3.01. The molecule has 0 saturated carbocycles. The number of benzene rings is 1. The van der Waals surface area contributed by atoms with Crippen LogP contribution in [0.3, 0.4) is 0 Å². The largest absolute Gasteiger partial charge is 0.398 e. The Balaban J connectivity index is 2.55. The predicted octanol–water partition coefficient (Wildman–Crippen LogP) is 2.20. The van der Waals surface area contributed by atoms with Crippen LogP contribution in [0.15, 0.2) is 24.4 Å². The highest BCUT2D eigenvalue weighted by molar-refractivity contribution is 6.34. The summed E-state index contributed by atoms with van der Waals surface area (Å²) >= 11 is 5.95. The summed E-state index contributed by atoms with van der Waals surface area (Å²) < 4.78 is 1.47. The standard InChI is InChI=1S/C12H12ClN3O/c1-7-8(4-3-5-10(7)14)12(17)11-9(13)6-15-16(11)2/h3-6H,14H2,1-2H3. The molecule has 0 atom stereocenters. The number of aromatic nitrogens is 2. The van der Waals surface area contributed by atoms with Crippen LogP contribution in [0, 0.1) is 6.92 Å². The monoisotopic (exact) mass is 249 g/mol. The zero-order valence-corrected chi connectivity index (χ0v) is 10.3. The van der Waals surface area contributed by atoms with Crippen molar-refractivity contribution in [2.24, 2.45) is 7.05 Å². The summed E-state index contributed by atoms with van der Waals surface area (Å²) in [5.41, 5.74) is 8.06. The lowest BCUT2D eigenvalue weighted by molar-refractivity contribution is 0.103. The molecule has 4 nitrogen and oxygen atoms in total. The summed E-state index contributed by atoms with van der Waals surface area (Å²) in [6.07, 6.45) is 1.45. The molecule has 0 fully saturated rings. The number of hydrogen-bond acceptors (Lipinski definition) is 3. The molecule has 0 aliphatic heterocycles. The average molecular weight is 250 g/mol. The molecule has 1 aromatic carbocycles. The third-order valence-electron chi connectivity index (χ3n) is 2.73. The number of aryl methyl sites for hydroxylation is 1. The first-order valence-electron chi connectivity index (χ1n) is 5.09. The molecule has 0 saturated heterocycles. The minimum absolute atomic E-state index is 0.167. The van der Waals surface area contributed by atoms with Crippen molar-refractivity contribution >= 4 is 23.1 Å². The number of halogens is 1. The Labute approximate surface area is 104 Å². The van der Waals surface area contributed by atoms with Crippen LogP contribution < -0.4 is 5.73 Å². The Kier molecular flexibility index (Phi) is 2.90. The van der Waals surface area contributed by atoms with E-state index in [1.165, 1.54) is 10.9 Å². The Morgan fingerprint density at radius 2 is 2.18 bits per heavy atom. The summed E-state index contributed by atoms with van der Waals surface area (Å²) in [5, 5.41) is 4.29. The lowest BCUT2D eigenvalue weighted by Crippen LogP contribution is -2.11. The Bertz CT molecular complexity index is 570. The van der Waals surface area contributed by atoms with Crippen LogP contribution in [-0.4, -0.2) is 15.6 Å². The van der Waals surface area contributed by atoms with Gasteiger partial charge in [0.05, 0.1) is 11.2 Å². The van der Waals surface area contributed by atoms with Crippen molar-refractivity contribution in [3.8, 4) is 0 Å². The topological polar surface area (TPSA) is 60.9 Å². The third kappa shape index (κ3) is 1.91. The van der Waals surface area contributed by atoms with E-state index in [9.17, 15) is 4.79 Å². The maximum Gasteiger partial charge on any atom is 0.212 e. The van der Waals surface area contributed by atoms with E-state index in [1.54, 1.807) is 25.2 Å². The van der Waals surface area contributed by atoms with E-state index >= 15 is 0 Å². The zero-order chi connectivity index (χ0) is 12.6. The molecular formula is C12H12ClN3O. The average Bonchev–Trinajstić information content (AvgIpc) is 2.62. The smallest absolute Gasteiger partial charge is 0.212 e. The molecule has 0 spiro atoms. The lowest BCUT2D eigenvalue weighted by Gasteiger charge is -2.07. The number of nitrogen functional groups attached to an aromatic ring is 1. The number of carbonyl (C=O) groups excluding carboxylic acids is 1. The van der Waals surface area contributed by atoms with Gasteiger partial charge in [0.25, 0.3) is 0 Å². The molecule has 1 heterocycles. The van der Waals surface area contributed by atoms with Crippen molar-refractivity contribution < 1.29 is 4.79 Å². The molecule has 2 aromatic rings. The maximum absolute atomic E-state index is 12.3. The van der Waals surface area contributed by atoms with E-state index in [4.69, 9.17) is 17.3 Å². The SMILES string of the molecule is Cc1c(N)cccc1C(=O)c1c(Cl)cnn1C. The van der Waals surface area contributed by atoms with E-state index in [2.05, 4.69) is 5.10 Å². The number of ketones is 1. The molecule has 0 unspecified atom stereocenters. The van der Waals surface area contributed by atoms with E-state index in [0.717, 1.165) is 5.56 Å². The van der Waals surface area contributed by atoms with Crippen molar-refractivity contribution in [3.63, 3.8) is 0 Å². The van der Waals surface area contributed by atoms with Gasteiger partial charge in [-0.15, -0.1) is 0 Å². The molecule has 0 aliphatic rings. The van der Waals surface area contributed by atoms with Crippen molar-refractivity contribution in [1.29, 1.82) is 0 Å². The second kappa shape index (κ2) is 4.22. The van der Waals surface area contributed by atoms with Gasteiger partial charge in [-0.1, -0.05) is 23.7 Å². The van der Waals surface area contributed by atoms with Crippen LogP contribution in [0.2, 0.25) is 5.02 Å². The van der Waals surface area contributed by atoms with Crippen molar-refractivity contribution in [3.05, 3.63) is 46.2 Å². The minimum atomic E-state index is -0.167. The second-order valence-corrected chi connectivity index (χ2v) is 4.22. The molecule has 2 rings (SSSR count). The fraction of sp³-hybridized carbons (Fsp3) is 0.167. The van der Waals surface area contributed by atoms with Gasteiger partial charge >= 0.3 is 0 Å². The maximum atomic E-state index is 12.3. The highest BCUT2D eigenvalue weighted by Crippen LogP contribution is 2.22. The molecular weight excluding hydrogens is 238 g/mol. The molecule has 0 bridgehead atoms. The molecule has 0 aliphatic carbocycles. The summed E-state index contributed by atoms with van der Waals surface area (Å²) in [6, 6.07) is 5.24. The molecule has 0 amide bonds. The number of nitrogens with two attached hydrogens (primary N) is 1. The first-order chi connectivity index (χ1) is 8.02. The van der Waals surface area contributed by atoms with Crippen molar-refractivity contribution in [2.45, 2.75) is 6.92 Å². The zero-order valence-electron chi connectivity index (χ0n) is 9.57. The summed E-state index contributed by atoms with van der Waals surface area (Å²) in [7, 11) is 1.68. The fourth-order valence-electron chi connectivity index (χ4n) is 1.69. The number of anilines is 1.